The lowest BCUT2D eigenvalue weighted by molar-refractivity contribution is 0.550. The second-order valence-corrected chi connectivity index (χ2v) is 5.30. The smallest absolute Gasteiger partial charge is 0.129 e. The van der Waals surface area contributed by atoms with Gasteiger partial charge in [0.05, 0.1) is 0 Å². The van der Waals surface area contributed by atoms with Crippen LogP contribution in [0, 0.1) is 12.8 Å². The number of nitrogens with zero attached hydrogens (tertiary/aromatic N) is 2. The summed E-state index contributed by atoms with van der Waals surface area (Å²) < 4.78 is 0. The highest BCUT2D eigenvalue weighted by Gasteiger charge is 2.38. The maximum atomic E-state index is 5.85. The van der Waals surface area contributed by atoms with Gasteiger partial charge in [0.15, 0.2) is 0 Å². The maximum Gasteiger partial charge on any atom is 0.129 e. The molecule has 2 unspecified atom stereocenters. The van der Waals surface area contributed by atoms with Gasteiger partial charge < -0.3 is 4.90 Å². The highest BCUT2D eigenvalue weighted by molar-refractivity contribution is 6.17. The van der Waals surface area contributed by atoms with Crippen molar-refractivity contribution in [3.63, 3.8) is 0 Å². The molecule has 0 spiro atoms. The van der Waals surface area contributed by atoms with Gasteiger partial charge in [0.2, 0.25) is 0 Å². The molecule has 0 radical (unpaired) electrons. The fraction of sp³-hybridized carbons (Fsp3) is 0.615. The zero-order valence-electron chi connectivity index (χ0n) is 9.62. The summed E-state index contributed by atoms with van der Waals surface area (Å²) in [7, 11) is 0. The summed E-state index contributed by atoms with van der Waals surface area (Å²) in [4.78, 5) is 7.17. The second kappa shape index (κ2) is 3.92. The number of hydrogen-bond donors (Lipinski definition) is 0. The molecule has 1 aromatic heterocycles. The molecule has 0 amide bonds. The Morgan fingerprint density at radius 3 is 2.88 bits per heavy atom. The van der Waals surface area contributed by atoms with Crippen molar-refractivity contribution < 1.29 is 0 Å². The molecule has 2 aliphatic rings. The molecular weight excluding hydrogens is 220 g/mol. The third kappa shape index (κ3) is 1.60. The van der Waals surface area contributed by atoms with Crippen molar-refractivity contribution in [1.82, 2.24) is 4.98 Å². The summed E-state index contributed by atoms with van der Waals surface area (Å²) in [6.45, 7) is 3.26. The Morgan fingerprint density at radius 2 is 2.31 bits per heavy atom. The minimum absolute atomic E-state index is 0.561. The van der Waals surface area contributed by atoms with E-state index in [1.54, 1.807) is 0 Å². The molecule has 2 atom stereocenters. The van der Waals surface area contributed by atoms with Crippen LogP contribution in [0.4, 0.5) is 5.82 Å². The average Bonchev–Trinajstić information content (AvgIpc) is 2.90. The van der Waals surface area contributed by atoms with Crippen molar-refractivity contribution in [2.24, 2.45) is 5.92 Å². The lowest BCUT2D eigenvalue weighted by Gasteiger charge is -2.28. The second-order valence-electron chi connectivity index (χ2n) is 5.03. The molecule has 0 aromatic carbocycles. The van der Waals surface area contributed by atoms with Crippen LogP contribution in [0.3, 0.4) is 0 Å². The van der Waals surface area contributed by atoms with Gasteiger partial charge >= 0.3 is 0 Å². The molecule has 3 heteroatoms. The Labute approximate surface area is 102 Å². The maximum absolute atomic E-state index is 5.85. The Hall–Kier alpha value is -0.760. The van der Waals surface area contributed by atoms with E-state index in [4.69, 9.17) is 11.6 Å². The number of piperidine rings is 1. The summed E-state index contributed by atoms with van der Waals surface area (Å²) in [5.74, 6) is 2.63. The first kappa shape index (κ1) is 10.4. The summed E-state index contributed by atoms with van der Waals surface area (Å²) >= 11 is 5.85. The van der Waals surface area contributed by atoms with Crippen molar-refractivity contribution in [1.29, 1.82) is 0 Å². The van der Waals surface area contributed by atoms with E-state index in [0.29, 0.717) is 5.88 Å². The molecular formula is C13H17ClN2. The number of aryl methyl sites for hydroxylation is 1. The molecule has 2 bridgehead atoms. The summed E-state index contributed by atoms with van der Waals surface area (Å²) in [6, 6.07) is 5.00. The molecule has 2 nitrogen and oxygen atoms in total. The van der Waals surface area contributed by atoms with Crippen LogP contribution in [-0.2, 0) is 5.88 Å². The number of halogens is 1. The normalized spacial score (nSPS) is 27.8. The Kier molecular flexibility index (Phi) is 2.55. The van der Waals surface area contributed by atoms with Crippen LogP contribution < -0.4 is 4.90 Å². The van der Waals surface area contributed by atoms with Gasteiger partial charge in [0, 0.05) is 24.2 Å². The topological polar surface area (TPSA) is 16.1 Å². The molecule has 3 rings (SSSR count). The van der Waals surface area contributed by atoms with Gasteiger partial charge in [0.25, 0.3) is 0 Å². The van der Waals surface area contributed by atoms with Crippen molar-refractivity contribution in [2.75, 3.05) is 11.4 Å². The van der Waals surface area contributed by atoms with E-state index < -0.39 is 0 Å². The summed E-state index contributed by atoms with van der Waals surface area (Å²) in [6.07, 6.45) is 4.14. The number of fused-ring (bicyclic) bond motifs is 2. The Bertz CT molecular complexity index is 405. The number of aromatic nitrogens is 1. The van der Waals surface area contributed by atoms with Crippen LogP contribution in [0.5, 0.6) is 0 Å². The molecule has 86 valence electrons. The number of pyridine rings is 1. The number of hydrogen-bond acceptors (Lipinski definition) is 2. The van der Waals surface area contributed by atoms with Crippen LogP contribution in [0.1, 0.15) is 30.5 Å². The summed E-state index contributed by atoms with van der Waals surface area (Å²) in [5.41, 5.74) is 2.23. The zero-order valence-corrected chi connectivity index (χ0v) is 10.4. The molecule has 1 saturated carbocycles. The predicted molar refractivity (Wildman–Crippen MR) is 67.0 cm³/mol. The van der Waals surface area contributed by atoms with E-state index in [1.807, 2.05) is 0 Å². The fourth-order valence-electron chi connectivity index (χ4n) is 3.08. The first-order valence-electron chi connectivity index (χ1n) is 6.07. The molecule has 16 heavy (non-hydrogen) atoms. The van der Waals surface area contributed by atoms with Crippen molar-refractivity contribution in [3.8, 4) is 0 Å². The molecule has 1 aromatic rings. The minimum Gasteiger partial charge on any atom is -0.353 e. The van der Waals surface area contributed by atoms with Gasteiger partial charge in [-0.25, -0.2) is 4.98 Å². The van der Waals surface area contributed by atoms with Gasteiger partial charge in [-0.2, -0.15) is 0 Å². The van der Waals surface area contributed by atoms with Crippen LogP contribution in [0.2, 0.25) is 0 Å². The van der Waals surface area contributed by atoms with E-state index in [9.17, 15) is 0 Å². The number of anilines is 1. The van der Waals surface area contributed by atoms with Gasteiger partial charge in [-0.1, -0.05) is 6.07 Å². The zero-order chi connectivity index (χ0) is 11.1. The molecule has 2 fully saturated rings. The molecule has 1 saturated heterocycles. The van der Waals surface area contributed by atoms with Crippen molar-refractivity contribution in [2.45, 2.75) is 38.1 Å². The van der Waals surface area contributed by atoms with Gasteiger partial charge in [-0.15, -0.1) is 11.6 Å². The van der Waals surface area contributed by atoms with Crippen LogP contribution >= 0.6 is 11.6 Å². The monoisotopic (exact) mass is 236 g/mol. The lowest BCUT2D eigenvalue weighted by Crippen LogP contribution is -2.32. The SMILES string of the molecule is Cc1nc(N2CC3CCC2C3)ccc1CCl. The quantitative estimate of drug-likeness (QED) is 0.734. The first-order valence-corrected chi connectivity index (χ1v) is 6.60. The van der Waals surface area contributed by atoms with Crippen LogP contribution in [0.25, 0.3) is 0 Å². The van der Waals surface area contributed by atoms with E-state index >= 15 is 0 Å². The highest BCUT2D eigenvalue weighted by Crippen LogP contribution is 2.39. The van der Waals surface area contributed by atoms with Crippen molar-refractivity contribution in [3.05, 3.63) is 23.4 Å². The van der Waals surface area contributed by atoms with E-state index in [-0.39, 0.29) is 0 Å². The van der Waals surface area contributed by atoms with E-state index in [2.05, 4.69) is 28.9 Å². The number of rotatable bonds is 2. The minimum atomic E-state index is 0.561. The standard InChI is InChI=1S/C13H17ClN2/c1-9-11(7-14)3-5-13(15-9)16-8-10-2-4-12(16)6-10/h3,5,10,12H,2,4,6-8H2,1H3. The van der Waals surface area contributed by atoms with Crippen LogP contribution in [0.15, 0.2) is 12.1 Å². The van der Waals surface area contributed by atoms with Crippen LogP contribution in [-0.4, -0.2) is 17.6 Å². The molecule has 1 aliphatic heterocycles. The Balaban J connectivity index is 1.87. The van der Waals surface area contributed by atoms with Gasteiger partial charge in [-0.3, -0.25) is 0 Å². The summed E-state index contributed by atoms with van der Waals surface area (Å²) in [5, 5.41) is 0. The number of alkyl halides is 1. The van der Waals surface area contributed by atoms with Crippen molar-refractivity contribution >= 4 is 17.4 Å². The average molecular weight is 237 g/mol. The van der Waals surface area contributed by atoms with E-state index in [1.165, 1.54) is 25.8 Å². The van der Waals surface area contributed by atoms with Gasteiger partial charge in [0.1, 0.15) is 5.82 Å². The fourth-order valence-corrected chi connectivity index (χ4v) is 3.37. The third-order valence-electron chi connectivity index (χ3n) is 4.03. The molecule has 1 aliphatic carbocycles. The highest BCUT2D eigenvalue weighted by atomic mass is 35.5. The molecule has 2 heterocycles. The largest absolute Gasteiger partial charge is 0.353 e. The Morgan fingerprint density at radius 1 is 1.44 bits per heavy atom. The van der Waals surface area contributed by atoms with E-state index in [0.717, 1.165) is 29.0 Å². The predicted octanol–water partition coefficient (Wildman–Crippen LogP) is 3.12. The lowest BCUT2D eigenvalue weighted by atomic mass is 10.1. The first-order chi connectivity index (χ1) is 7.78. The third-order valence-corrected chi connectivity index (χ3v) is 4.32. The molecule has 0 N–H and O–H groups in total. The van der Waals surface area contributed by atoms with Gasteiger partial charge in [-0.05, 0) is 43.7 Å².